The molecule has 1 aromatic carbocycles. The van der Waals surface area contributed by atoms with Crippen molar-refractivity contribution in [1.29, 1.82) is 0 Å². The van der Waals surface area contributed by atoms with Gasteiger partial charge in [-0.3, -0.25) is 0 Å². The Morgan fingerprint density at radius 2 is 1.96 bits per heavy atom. The fraction of sp³-hybridized carbons (Fsp3) is 0.579. The Kier molecular flexibility index (Phi) is 6.33. The quantitative estimate of drug-likeness (QED) is 0.673. The van der Waals surface area contributed by atoms with Crippen LogP contribution in [0.4, 0.5) is 13.2 Å². The number of halogens is 3. The van der Waals surface area contributed by atoms with E-state index in [1.807, 2.05) is 13.0 Å². The molecule has 0 bridgehead atoms. The third-order valence-electron chi connectivity index (χ3n) is 4.02. The maximum absolute atomic E-state index is 13.4. The largest absolute Gasteiger partial charge is 0.493 e. The number of hydrogen-bond donors (Lipinski definition) is 0. The zero-order valence-corrected chi connectivity index (χ0v) is 14.5. The minimum Gasteiger partial charge on any atom is -0.493 e. The molecule has 0 aliphatic carbocycles. The van der Waals surface area contributed by atoms with Crippen LogP contribution >= 0.6 is 0 Å². The Balaban J connectivity index is 2.20. The molecule has 2 rings (SSSR count). The summed E-state index contributed by atoms with van der Waals surface area (Å²) in [7, 11) is 0. The predicted octanol–water partition coefficient (Wildman–Crippen LogP) is 5.57. The van der Waals surface area contributed by atoms with E-state index < -0.39 is 11.7 Å². The fourth-order valence-electron chi connectivity index (χ4n) is 2.97. The third kappa shape index (κ3) is 5.26. The highest BCUT2D eigenvalue weighted by Gasteiger charge is 2.35. The van der Waals surface area contributed by atoms with Crippen molar-refractivity contribution in [3.05, 3.63) is 35.4 Å². The van der Waals surface area contributed by atoms with Crippen LogP contribution in [-0.4, -0.2) is 19.8 Å². The average molecular weight is 342 g/mol. The van der Waals surface area contributed by atoms with E-state index in [2.05, 4.69) is 13.8 Å². The van der Waals surface area contributed by atoms with E-state index in [1.54, 1.807) is 6.07 Å². The molecule has 0 saturated heterocycles. The Morgan fingerprint density at radius 3 is 2.54 bits per heavy atom. The molecule has 0 spiro atoms. The summed E-state index contributed by atoms with van der Waals surface area (Å²) in [6, 6.07) is 4.34. The Labute approximate surface area is 141 Å². The maximum Gasteiger partial charge on any atom is 0.419 e. The smallest absolute Gasteiger partial charge is 0.419 e. The van der Waals surface area contributed by atoms with Gasteiger partial charge in [0.05, 0.1) is 25.4 Å². The molecule has 0 unspecified atom stereocenters. The lowest BCUT2D eigenvalue weighted by Crippen LogP contribution is -2.15. The van der Waals surface area contributed by atoms with Crippen LogP contribution in [0.1, 0.15) is 44.7 Å². The lowest BCUT2D eigenvalue weighted by Gasteiger charge is -2.20. The monoisotopic (exact) mass is 342 g/mol. The van der Waals surface area contributed by atoms with Gasteiger partial charge in [0.2, 0.25) is 0 Å². The van der Waals surface area contributed by atoms with Crippen LogP contribution in [0.5, 0.6) is 5.75 Å². The molecule has 1 aliphatic heterocycles. The fourth-order valence-corrected chi connectivity index (χ4v) is 2.97. The second-order valence-electron chi connectivity index (χ2n) is 6.81. The van der Waals surface area contributed by atoms with Gasteiger partial charge in [-0.2, -0.15) is 13.2 Å². The van der Waals surface area contributed by atoms with Crippen molar-refractivity contribution in [3.63, 3.8) is 0 Å². The summed E-state index contributed by atoms with van der Waals surface area (Å²) in [6.45, 7) is 7.45. The molecule has 24 heavy (non-hydrogen) atoms. The molecule has 1 aromatic rings. The van der Waals surface area contributed by atoms with Gasteiger partial charge in [0.15, 0.2) is 0 Å². The minimum atomic E-state index is -4.43. The van der Waals surface area contributed by atoms with Crippen molar-refractivity contribution in [2.75, 3.05) is 19.8 Å². The van der Waals surface area contributed by atoms with Crippen LogP contribution in [0.25, 0.3) is 5.57 Å². The summed E-state index contributed by atoms with van der Waals surface area (Å²) in [5, 5.41) is 0. The highest BCUT2D eigenvalue weighted by Crippen LogP contribution is 2.38. The first-order chi connectivity index (χ1) is 11.3. The van der Waals surface area contributed by atoms with Gasteiger partial charge in [-0.1, -0.05) is 32.9 Å². The second kappa shape index (κ2) is 8.06. The number of hydrogen-bond acceptors (Lipinski definition) is 2. The molecule has 0 amide bonds. The lowest BCUT2D eigenvalue weighted by atomic mass is 9.98. The standard InChI is InChI=1S/C19H25F3O2/c1-13(2)10-14(3)12-24-18-5-4-16(11-17(18)19(20,21)22)15-6-8-23-9-7-15/h4-6,11,13-14H,7-10,12H2,1-3H3/t14-/m0/s1. The van der Waals surface area contributed by atoms with Crippen molar-refractivity contribution in [2.24, 2.45) is 11.8 Å². The first kappa shape index (κ1) is 18.8. The van der Waals surface area contributed by atoms with Gasteiger partial charge in [-0.25, -0.2) is 0 Å². The predicted molar refractivity (Wildman–Crippen MR) is 89.0 cm³/mol. The molecule has 1 aliphatic rings. The summed E-state index contributed by atoms with van der Waals surface area (Å²) < 4.78 is 50.9. The van der Waals surface area contributed by atoms with Gasteiger partial charge in [0.25, 0.3) is 0 Å². The first-order valence-electron chi connectivity index (χ1n) is 8.38. The van der Waals surface area contributed by atoms with E-state index in [9.17, 15) is 13.2 Å². The third-order valence-corrected chi connectivity index (χ3v) is 4.02. The summed E-state index contributed by atoms with van der Waals surface area (Å²) in [6.07, 6.45) is -1.04. The minimum absolute atomic E-state index is 0.0884. The van der Waals surface area contributed by atoms with Gasteiger partial charge in [0.1, 0.15) is 5.75 Å². The summed E-state index contributed by atoms with van der Waals surface area (Å²) in [4.78, 5) is 0. The van der Waals surface area contributed by atoms with Crippen molar-refractivity contribution >= 4 is 5.57 Å². The van der Waals surface area contributed by atoms with Crippen LogP contribution in [0.3, 0.4) is 0 Å². The van der Waals surface area contributed by atoms with Gasteiger partial charge >= 0.3 is 6.18 Å². The first-order valence-corrected chi connectivity index (χ1v) is 8.38. The van der Waals surface area contributed by atoms with Crippen LogP contribution in [-0.2, 0) is 10.9 Å². The number of ether oxygens (including phenoxy) is 2. The highest BCUT2D eigenvalue weighted by atomic mass is 19.4. The molecule has 5 heteroatoms. The van der Waals surface area contributed by atoms with E-state index in [4.69, 9.17) is 9.47 Å². The zero-order valence-electron chi connectivity index (χ0n) is 14.5. The Hall–Kier alpha value is -1.49. The van der Waals surface area contributed by atoms with Gasteiger partial charge in [-0.15, -0.1) is 0 Å². The van der Waals surface area contributed by atoms with Gasteiger partial charge < -0.3 is 9.47 Å². The SMILES string of the molecule is CC(C)C[C@H](C)COc1ccc(C2=CCOCC2)cc1C(F)(F)F. The Bertz CT molecular complexity index is 576. The zero-order chi connectivity index (χ0) is 17.7. The average Bonchev–Trinajstić information content (AvgIpc) is 2.52. The maximum atomic E-state index is 13.4. The number of benzene rings is 1. The molecule has 0 aromatic heterocycles. The molecule has 0 saturated carbocycles. The molecule has 1 heterocycles. The molecular formula is C19H25F3O2. The van der Waals surface area contributed by atoms with E-state index >= 15 is 0 Å². The van der Waals surface area contributed by atoms with Crippen molar-refractivity contribution in [1.82, 2.24) is 0 Å². The normalized spacial score (nSPS) is 16.9. The Morgan fingerprint density at radius 1 is 1.21 bits per heavy atom. The molecule has 2 nitrogen and oxygen atoms in total. The second-order valence-corrected chi connectivity index (χ2v) is 6.81. The lowest BCUT2D eigenvalue weighted by molar-refractivity contribution is -0.139. The van der Waals surface area contributed by atoms with Crippen molar-refractivity contribution < 1.29 is 22.6 Å². The van der Waals surface area contributed by atoms with E-state index in [0.717, 1.165) is 12.0 Å². The molecule has 0 radical (unpaired) electrons. The molecule has 1 atom stereocenters. The summed E-state index contributed by atoms with van der Waals surface area (Å²) in [5.74, 6) is 0.618. The van der Waals surface area contributed by atoms with E-state index in [0.29, 0.717) is 31.1 Å². The topological polar surface area (TPSA) is 18.5 Å². The van der Waals surface area contributed by atoms with Crippen LogP contribution in [0, 0.1) is 11.8 Å². The van der Waals surface area contributed by atoms with Gasteiger partial charge in [0, 0.05) is 0 Å². The van der Waals surface area contributed by atoms with Gasteiger partial charge in [-0.05, 0) is 47.9 Å². The number of alkyl halides is 3. The van der Waals surface area contributed by atoms with Crippen molar-refractivity contribution in [2.45, 2.75) is 39.8 Å². The van der Waals surface area contributed by atoms with E-state index in [1.165, 1.54) is 12.1 Å². The molecule has 0 N–H and O–H groups in total. The summed E-state index contributed by atoms with van der Waals surface area (Å²) >= 11 is 0. The molecule has 134 valence electrons. The van der Waals surface area contributed by atoms with Crippen LogP contribution in [0.2, 0.25) is 0 Å². The van der Waals surface area contributed by atoms with Crippen LogP contribution in [0.15, 0.2) is 24.3 Å². The van der Waals surface area contributed by atoms with Crippen LogP contribution < -0.4 is 4.74 Å². The number of rotatable bonds is 6. The summed E-state index contributed by atoms with van der Waals surface area (Å²) in [5.41, 5.74) is 0.781. The van der Waals surface area contributed by atoms with Crippen molar-refractivity contribution in [3.8, 4) is 5.75 Å². The van der Waals surface area contributed by atoms with E-state index in [-0.39, 0.29) is 18.3 Å². The molecular weight excluding hydrogens is 317 g/mol. The highest BCUT2D eigenvalue weighted by molar-refractivity contribution is 5.68. The molecule has 0 fully saturated rings.